The summed E-state index contributed by atoms with van der Waals surface area (Å²) in [5, 5.41) is 16.2. The fraction of sp³-hybridized carbons (Fsp3) is 0.0556. The lowest BCUT2D eigenvalue weighted by molar-refractivity contribution is 0.369. The summed E-state index contributed by atoms with van der Waals surface area (Å²) in [6.07, 6.45) is 2.56. The SMILES string of the molecule is C.PPP(P(P)P)P(P(P)P)P(P(P)P)P(P)P.[C-]#[N+]c1ccc(Nc2ncnc(Oc3ccc(F)cc3)c2O)cc1.[C-]#[N+]c1ccc(Nc2ncnc(Oc3ccc(F)cc3)c2OC)cc1. The third kappa shape index (κ3) is 20.1. The summed E-state index contributed by atoms with van der Waals surface area (Å²) in [6, 6.07) is 24.5. The summed E-state index contributed by atoms with van der Waals surface area (Å²) in [6.45, 7) is 14.8. The molecule has 31 heteroatoms. The van der Waals surface area contributed by atoms with Gasteiger partial charge in [-0.3, -0.25) is 0 Å². The molecule has 67 heavy (non-hydrogen) atoms. The van der Waals surface area contributed by atoms with Crippen LogP contribution in [0.2, 0.25) is 0 Å². The lowest BCUT2D eigenvalue weighted by atomic mass is 10.3. The van der Waals surface area contributed by atoms with Crippen molar-refractivity contribution in [2.75, 3.05) is 17.7 Å². The van der Waals surface area contributed by atoms with E-state index in [1.165, 1.54) is 68.3 Å². The molecule has 12 nitrogen and oxygen atoms in total. The van der Waals surface area contributed by atoms with Crippen molar-refractivity contribution in [1.82, 2.24) is 19.9 Å². The van der Waals surface area contributed by atoms with Crippen molar-refractivity contribution in [3.8, 4) is 34.8 Å². The minimum Gasteiger partial charge on any atom is -0.501 e. The van der Waals surface area contributed by atoms with Gasteiger partial charge in [-0.25, -0.2) is 28.4 Å². The monoisotopic (exact) mass is 1220 g/mol. The average Bonchev–Trinajstić information content (AvgIpc) is 3.30. The Labute approximate surface area is 421 Å². The fourth-order valence-electron chi connectivity index (χ4n) is 4.75. The van der Waals surface area contributed by atoms with Gasteiger partial charge in [0.25, 0.3) is 11.8 Å². The number of nitrogens with one attached hydrogen (secondary N) is 2. The van der Waals surface area contributed by atoms with Gasteiger partial charge in [-0.05, 0) is 122 Å². The molecule has 354 valence electrons. The lowest BCUT2D eigenvalue weighted by Crippen LogP contribution is -2.01. The average molecular weight is 1220 g/mol. The minimum atomic E-state index is -0.389. The number of benzene rings is 4. The molecule has 3 N–H and O–H groups in total. The Hall–Kier alpha value is -0.0100. The van der Waals surface area contributed by atoms with Gasteiger partial charge in [-0.1, -0.05) is 39.7 Å². The van der Waals surface area contributed by atoms with Crippen LogP contribution in [-0.4, -0.2) is 32.2 Å². The van der Waals surface area contributed by atoms with Gasteiger partial charge in [-0.2, -0.15) is 9.97 Å². The van der Waals surface area contributed by atoms with E-state index in [1.54, 1.807) is 48.5 Å². The first-order chi connectivity index (χ1) is 31.6. The molecular weight excluding hydrogens is 1170 g/mol. The quantitative estimate of drug-likeness (QED) is 0.0636. The Balaban J connectivity index is 0.000000270. The Bertz CT molecular complexity index is 2530. The van der Waals surface area contributed by atoms with Crippen molar-refractivity contribution in [1.29, 1.82) is 0 Å². The van der Waals surface area contributed by atoms with Gasteiger partial charge in [0.2, 0.25) is 11.5 Å². The van der Waals surface area contributed by atoms with Crippen molar-refractivity contribution >= 4 is 172 Å². The van der Waals surface area contributed by atoms with E-state index in [1.807, 2.05) is 0 Å². The van der Waals surface area contributed by atoms with Crippen molar-refractivity contribution < 1.29 is 28.1 Å². The first-order valence-electron chi connectivity index (χ1n) is 17.9. The Morgan fingerprint density at radius 2 is 0.985 bits per heavy atom. The molecule has 0 amide bonds. The number of anilines is 4. The number of hydrogen-bond acceptors (Lipinski definition) is 10. The zero-order valence-corrected chi connectivity index (χ0v) is 52.0. The Morgan fingerprint density at radius 3 is 1.37 bits per heavy atom. The molecule has 0 fully saturated rings. The molecule has 0 aliphatic carbocycles. The second-order valence-corrected chi connectivity index (χ2v) is 76.4. The zero-order valence-electron chi connectivity index (χ0n) is 34.3. The lowest BCUT2D eigenvalue weighted by Gasteiger charge is -2.41. The van der Waals surface area contributed by atoms with Crippen LogP contribution in [0.4, 0.5) is 43.2 Å². The topological polar surface area (TPSA) is 132 Å². The molecule has 2 heterocycles. The van der Waals surface area contributed by atoms with Crippen molar-refractivity contribution in [2.24, 2.45) is 0 Å². The predicted octanol–water partition coefficient (Wildman–Crippen LogP) is 19.3. The standard InChI is InChI=1S/C18H13FN4O2.C17H11FN4O2.CH4.H19P17/c1-20-13-5-7-14(8-6-13)23-17-16(24-2)18(22-11-21-17)25-15-9-3-12(19)4-10-15;1-19-12-4-6-13(7-5-12)22-16-15(23)17(21-10-20-16)24-14-8-2-11(18)3-9-14;;1-10-15(11(2)3)17(14(8)9)16(12(4)5)13(6)7/h3-11H,2H3,(H,21,22,23);2-10,23H,(H,20,21,22);1H4;10H,1-9H2. The minimum absolute atomic E-state index is 0. The van der Waals surface area contributed by atoms with Crippen LogP contribution in [0.3, 0.4) is 0 Å². The molecule has 0 aliphatic heterocycles. The molecule has 0 aliphatic rings. The summed E-state index contributed by atoms with van der Waals surface area (Å²) in [5.41, 5.74) is 2.43. The van der Waals surface area contributed by atoms with Crippen molar-refractivity contribution in [3.05, 3.63) is 144 Å². The van der Waals surface area contributed by atoms with Gasteiger partial charge in [-0.15, -0.1) is 80.4 Å². The smallest absolute Gasteiger partial charge is 0.268 e. The van der Waals surface area contributed by atoms with Crippen molar-refractivity contribution in [2.45, 2.75) is 7.43 Å². The largest absolute Gasteiger partial charge is 0.501 e. The van der Waals surface area contributed by atoms with Gasteiger partial charge in [0.15, 0.2) is 23.0 Å². The fourth-order valence-corrected chi connectivity index (χ4v) is 194. The molecule has 12 unspecified atom stereocenters. The molecule has 0 bridgehead atoms. The van der Waals surface area contributed by atoms with Gasteiger partial charge in [0, 0.05) is 11.4 Å². The molecule has 0 spiro atoms. The maximum absolute atomic E-state index is 13.0. The molecule has 0 saturated heterocycles. The van der Waals surface area contributed by atoms with Crippen LogP contribution in [0.5, 0.6) is 34.8 Å². The Kier molecular flexibility index (Phi) is 29.5. The Morgan fingerprint density at radius 1 is 0.582 bits per heavy atom. The van der Waals surface area contributed by atoms with Crippen LogP contribution in [0, 0.1) is 24.8 Å². The number of methoxy groups -OCH3 is 1. The van der Waals surface area contributed by atoms with Crippen LogP contribution in [-0.2, 0) is 0 Å². The highest BCUT2D eigenvalue weighted by Gasteiger charge is 2.37. The highest BCUT2D eigenvalue weighted by Crippen LogP contribution is 3.25. The normalized spacial score (nSPS) is 11.7. The summed E-state index contributed by atoms with van der Waals surface area (Å²) in [7, 11) is 30.5. The highest BCUT2D eigenvalue weighted by molar-refractivity contribution is 9.31. The summed E-state index contributed by atoms with van der Waals surface area (Å²) in [5.74, 6) is 0.733. The predicted molar refractivity (Wildman–Crippen MR) is 328 cm³/mol. The van der Waals surface area contributed by atoms with Gasteiger partial charge >= 0.3 is 0 Å². The first-order valence-corrected chi connectivity index (χ1v) is 48.1. The zero-order chi connectivity index (χ0) is 48.3. The number of hydrogen-bond donors (Lipinski definition) is 3. The highest BCUT2D eigenvalue weighted by atomic mass is 33.4. The maximum Gasteiger partial charge on any atom is 0.268 e. The second-order valence-electron chi connectivity index (χ2n) is 12.1. The summed E-state index contributed by atoms with van der Waals surface area (Å²) in [4.78, 5) is 22.7. The van der Waals surface area contributed by atoms with E-state index in [9.17, 15) is 13.9 Å². The van der Waals surface area contributed by atoms with Gasteiger partial charge < -0.3 is 30.0 Å². The van der Waals surface area contributed by atoms with E-state index < -0.39 is 0 Å². The third-order valence-electron chi connectivity index (χ3n) is 7.62. The molecule has 12 atom stereocenters. The molecule has 0 saturated carbocycles. The van der Waals surface area contributed by atoms with Gasteiger partial charge in [0.1, 0.15) is 35.8 Å². The van der Waals surface area contributed by atoms with Crippen LogP contribution < -0.4 is 24.8 Å². The van der Waals surface area contributed by atoms with Crippen LogP contribution in [0.25, 0.3) is 9.69 Å². The van der Waals surface area contributed by atoms with E-state index in [4.69, 9.17) is 27.4 Å². The summed E-state index contributed by atoms with van der Waals surface area (Å²) < 4.78 is 42.3. The van der Waals surface area contributed by atoms with E-state index in [0.717, 1.165) is 13.6 Å². The molecular formula is C36H47F2N8O4P17. The molecule has 0 radical (unpaired) electrons. The van der Waals surface area contributed by atoms with Crippen LogP contribution in [0.1, 0.15) is 7.43 Å². The molecule has 6 aromatic rings. The van der Waals surface area contributed by atoms with E-state index in [2.05, 4.69) is 121 Å². The van der Waals surface area contributed by atoms with E-state index in [0.29, 0.717) is 40.1 Å². The van der Waals surface area contributed by atoms with E-state index in [-0.39, 0.29) is 91.3 Å². The molecule has 6 rings (SSSR count). The number of aromatic nitrogens is 4. The van der Waals surface area contributed by atoms with Gasteiger partial charge in [0.05, 0.1) is 20.3 Å². The maximum atomic E-state index is 13.0. The number of rotatable bonds is 16. The van der Waals surface area contributed by atoms with Crippen molar-refractivity contribution in [3.63, 3.8) is 0 Å². The van der Waals surface area contributed by atoms with Crippen LogP contribution >= 0.6 is 137 Å². The second kappa shape index (κ2) is 32.2. The number of ether oxygens (including phenoxy) is 3. The number of halogens is 2. The number of aromatic hydroxyl groups is 1. The molecule has 2 aromatic heterocycles. The first kappa shape index (κ1) is 61.3. The van der Waals surface area contributed by atoms with E-state index >= 15 is 0 Å². The molecule has 4 aromatic carbocycles. The number of nitrogens with zero attached hydrogens (tertiary/aromatic N) is 6. The summed E-state index contributed by atoms with van der Waals surface area (Å²) >= 11 is 0. The van der Waals surface area contributed by atoms with Crippen LogP contribution in [0.15, 0.2) is 110 Å². The third-order valence-corrected chi connectivity index (χ3v) is 110.